The molecule has 0 saturated carbocycles. The maximum Gasteiger partial charge on any atom is 0.310 e. The average Bonchev–Trinajstić information content (AvgIpc) is 3.04. The third kappa shape index (κ3) is 3.06. The number of hydrogen-bond acceptors (Lipinski definition) is 5. The van der Waals surface area contributed by atoms with E-state index in [2.05, 4.69) is 11.5 Å². The maximum atomic E-state index is 11.6. The molecule has 0 aliphatic carbocycles. The van der Waals surface area contributed by atoms with E-state index in [4.69, 9.17) is 14.2 Å². The molecule has 1 aromatic carbocycles. The van der Waals surface area contributed by atoms with E-state index in [1.165, 1.54) is 0 Å². The molecule has 3 rings (SSSR count). The molecular formula is C18H23NO5. The Morgan fingerprint density at radius 2 is 2.17 bits per heavy atom. The molecule has 24 heavy (non-hydrogen) atoms. The minimum Gasteiger partial charge on any atom is -0.493 e. The zero-order valence-corrected chi connectivity index (χ0v) is 13.9. The predicted octanol–water partition coefficient (Wildman–Crippen LogP) is 2.67. The summed E-state index contributed by atoms with van der Waals surface area (Å²) in [5.41, 5.74) is 0.410. The highest BCUT2D eigenvalue weighted by atomic mass is 16.7. The van der Waals surface area contributed by atoms with Crippen molar-refractivity contribution in [3.05, 3.63) is 30.4 Å². The number of carbonyl (C=O) groups is 1. The van der Waals surface area contributed by atoms with Crippen LogP contribution in [0.1, 0.15) is 24.8 Å². The van der Waals surface area contributed by atoms with Gasteiger partial charge in [0.2, 0.25) is 12.5 Å². The number of allylic oxidation sites excluding steroid dienone is 1. The maximum absolute atomic E-state index is 11.6. The molecule has 0 aromatic heterocycles. The largest absolute Gasteiger partial charge is 0.493 e. The Kier molecular flexibility index (Phi) is 4.66. The summed E-state index contributed by atoms with van der Waals surface area (Å²) in [7, 11) is 1.61. The molecule has 1 fully saturated rings. The zero-order chi connectivity index (χ0) is 17.2. The van der Waals surface area contributed by atoms with Gasteiger partial charge in [-0.2, -0.15) is 0 Å². The lowest BCUT2D eigenvalue weighted by Gasteiger charge is -2.38. The SMILES string of the molecule is C=CCC1(C(=O)O)CCN(Cc2cc(OC)c3c(c2)OCO3)CC1. The number of nitrogens with zero attached hydrogens (tertiary/aromatic N) is 1. The number of ether oxygens (including phenoxy) is 3. The number of likely N-dealkylation sites (tertiary alicyclic amines) is 1. The van der Waals surface area contributed by atoms with Gasteiger partial charge in [-0.25, -0.2) is 0 Å². The van der Waals surface area contributed by atoms with Crippen LogP contribution in [0.25, 0.3) is 0 Å². The number of benzene rings is 1. The first-order valence-electron chi connectivity index (χ1n) is 8.11. The number of carboxylic acid groups (broad SMARTS) is 1. The quantitative estimate of drug-likeness (QED) is 0.807. The van der Waals surface area contributed by atoms with Crippen molar-refractivity contribution in [2.24, 2.45) is 5.41 Å². The lowest BCUT2D eigenvalue weighted by molar-refractivity contribution is -0.152. The van der Waals surface area contributed by atoms with Gasteiger partial charge in [0.15, 0.2) is 11.5 Å². The van der Waals surface area contributed by atoms with Gasteiger partial charge in [-0.05, 0) is 50.0 Å². The van der Waals surface area contributed by atoms with Crippen LogP contribution in [0.2, 0.25) is 0 Å². The van der Waals surface area contributed by atoms with E-state index in [-0.39, 0.29) is 6.79 Å². The van der Waals surface area contributed by atoms with E-state index in [9.17, 15) is 9.90 Å². The van der Waals surface area contributed by atoms with Gasteiger partial charge >= 0.3 is 5.97 Å². The molecule has 130 valence electrons. The van der Waals surface area contributed by atoms with E-state index >= 15 is 0 Å². The van der Waals surface area contributed by atoms with Crippen molar-refractivity contribution >= 4 is 5.97 Å². The Morgan fingerprint density at radius 3 is 2.79 bits per heavy atom. The van der Waals surface area contributed by atoms with Crippen molar-refractivity contribution in [2.45, 2.75) is 25.8 Å². The molecule has 2 heterocycles. The van der Waals surface area contributed by atoms with Gasteiger partial charge in [0.1, 0.15) is 0 Å². The van der Waals surface area contributed by atoms with E-state index in [0.717, 1.165) is 25.2 Å². The fourth-order valence-electron chi connectivity index (χ4n) is 3.45. The average molecular weight is 333 g/mol. The minimum absolute atomic E-state index is 0.210. The van der Waals surface area contributed by atoms with Gasteiger partial charge in [0, 0.05) is 6.54 Å². The standard InChI is InChI=1S/C18H23NO5/c1-3-4-18(17(20)21)5-7-19(8-6-18)11-13-9-14(22-2)16-15(10-13)23-12-24-16/h3,9-10H,1,4-8,11-12H2,2H3,(H,20,21). The fourth-order valence-corrected chi connectivity index (χ4v) is 3.45. The Hall–Kier alpha value is -2.21. The summed E-state index contributed by atoms with van der Waals surface area (Å²) in [6.45, 7) is 6.14. The van der Waals surface area contributed by atoms with Crippen LogP contribution in [-0.2, 0) is 11.3 Å². The summed E-state index contributed by atoms with van der Waals surface area (Å²) in [5.74, 6) is 1.30. The molecule has 1 aromatic rings. The van der Waals surface area contributed by atoms with Crippen molar-refractivity contribution < 1.29 is 24.1 Å². The lowest BCUT2D eigenvalue weighted by atomic mass is 9.75. The molecule has 1 saturated heterocycles. The highest BCUT2D eigenvalue weighted by Gasteiger charge is 2.40. The second-order valence-corrected chi connectivity index (χ2v) is 6.39. The van der Waals surface area contributed by atoms with Crippen LogP contribution in [0.4, 0.5) is 0 Å². The molecule has 0 bridgehead atoms. The summed E-state index contributed by atoms with van der Waals surface area (Å²) in [6.07, 6.45) is 3.51. The number of rotatable bonds is 6. The van der Waals surface area contributed by atoms with E-state index in [1.54, 1.807) is 13.2 Å². The molecule has 2 aliphatic heterocycles. The van der Waals surface area contributed by atoms with Crippen LogP contribution < -0.4 is 14.2 Å². The Balaban J connectivity index is 1.68. The molecule has 6 nitrogen and oxygen atoms in total. The Bertz CT molecular complexity index is 635. The van der Waals surface area contributed by atoms with Gasteiger partial charge < -0.3 is 19.3 Å². The van der Waals surface area contributed by atoms with Gasteiger partial charge in [-0.3, -0.25) is 9.69 Å². The third-order valence-electron chi connectivity index (χ3n) is 4.93. The first kappa shape index (κ1) is 16.6. The summed E-state index contributed by atoms with van der Waals surface area (Å²) in [5, 5.41) is 9.56. The van der Waals surface area contributed by atoms with Gasteiger partial charge in [-0.15, -0.1) is 6.58 Å². The van der Waals surface area contributed by atoms with E-state index in [0.29, 0.717) is 36.5 Å². The predicted molar refractivity (Wildman–Crippen MR) is 88.5 cm³/mol. The molecule has 0 unspecified atom stereocenters. The smallest absolute Gasteiger partial charge is 0.310 e. The molecule has 0 amide bonds. The second kappa shape index (κ2) is 6.73. The number of piperidine rings is 1. The van der Waals surface area contributed by atoms with Crippen molar-refractivity contribution in [1.82, 2.24) is 4.90 Å². The van der Waals surface area contributed by atoms with Crippen LogP contribution in [0.15, 0.2) is 24.8 Å². The molecule has 0 spiro atoms. The first-order chi connectivity index (χ1) is 11.6. The first-order valence-corrected chi connectivity index (χ1v) is 8.11. The van der Waals surface area contributed by atoms with Crippen LogP contribution >= 0.6 is 0 Å². The Morgan fingerprint density at radius 1 is 1.42 bits per heavy atom. The van der Waals surface area contributed by atoms with Crippen molar-refractivity contribution in [1.29, 1.82) is 0 Å². The second-order valence-electron chi connectivity index (χ2n) is 6.39. The molecule has 1 N–H and O–H groups in total. The van der Waals surface area contributed by atoms with Crippen molar-refractivity contribution in [3.8, 4) is 17.2 Å². The highest BCUT2D eigenvalue weighted by Crippen LogP contribution is 2.42. The topological polar surface area (TPSA) is 68.2 Å². The number of aliphatic carboxylic acids is 1. The number of hydrogen-bond donors (Lipinski definition) is 1. The summed E-state index contributed by atoms with van der Waals surface area (Å²) < 4.78 is 16.2. The van der Waals surface area contributed by atoms with Gasteiger partial charge in [0.25, 0.3) is 0 Å². The Labute approximate surface area is 141 Å². The lowest BCUT2D eigenvalue weighted by Crippen LogP contribution is -2.43. The molecule has 6 heteroatoms. The van der Waals surface area contributed by atoms with Gasteiger partial charge in [0.05, 0.1) is 12.5 Å². The third-order valence-corrected chi connectivity index (χ3v) is 4.93. The minimum atomic E-state index is -0.716. The van der Waals surface area contributed by atoms with Crippen LogP contribution in [0.5, 0.6) is 17.2 Å². The highest BCUT2D eigenvalue weighted by molar-refractivity contribution is 5.75. The summed E-state index contributed by atoms with van der Waals surface area (Å²) in [4.78, 5) is 13.9. The summed E-state index contributed by atoms with van der Waals surface area (Å²) >= 11 is 0. The van der Waals surface area contributed by atoms with Crippen LogP contribution in [0, 0.1) is 5.41 Å². The molecule has 2 aliphatic rings. The number of carboxylic acids is 1. The number of methoxy groups -OCH3 is 1. The van der Waals surface area contributed by atoms with E-state index in [1.807, 2.05) is 12.1 Å². The van der Waals surface area contributed by atoms with E-state index < -0.39 is 11.4 Å². The van der Waals surface area contributed by atoms with Crippen molar-refractivity contribution in [3.63, 3.8) is 0 Å². The number of fused-ring (bicyclic) bond motifs is 1. The fraction of sp³-hybridized carbons (Fsp3) is 0.500. The molecule has 0 atom stereocenters. The van der Waals surface area contributed by atoms with Gasteiger partial charge in [-0.1, -0.05) is 6.08 Å². The molecule has 0 radical (unpaired) electrons. The normalized spacial score (nSPS) is 19.0. The summed E-state index contributed by atoms with van der Waals surface area (Å²) in [6, 6.07) is 3.92. The molecular weight excluding hydrogens is 310 g/mol. The monoisotopic (exact) mass is 333 g/mol. The van der Waals surface area contributed by atoms with Crippen molar-refractivity contribution in [2.75, 3.05) is 27.0 Å². The zero-order valence-electron chi connectivity index (χ0n) is 13.9. The van der Waals surface area contributed by atoms with Crippen LogP contribution in [0.3, 0.4) is 0 Å². The van der Waals surface area contributed by atoms with Crippen LogP contribution in [-0.4, -0.2) is 43.0 Å².